The van der Waals surface area contributed by atoms with E-state index >= 15 is 0 Å². The minimum Gasteiger partial charge on any atom is -0.302 e. The van der Waals surface area contributed by atoms with E-state index in [-0.39, 0.29) is 0 Å². The van der Waals surface area contributed by atoms with Gasteiger partial charge in [0, 0.05) is 6.54 Å². The fraction of sp³-hybridized carbons (Fsp3) is 0.562. The van der Waals surface area contributed by atoms with Gasteiger partial charge in [0.05, 0.1) is 5.41 Å². The SMILES string of the molecule is CCCN(CCC)CC(C)(C=O)c1ccccc1. The highest BCUT2D eigenvalue weighted by molar-refractivity contribution is 5.68. The molecule has 0 aliphatic rings. The van der Waals surface area contributed by atoms with Gasteiger partial charge < -0.3 is 9.69 Å². The van der Waals surface area contributed by atoms with Crippen molar-refractivity contribution in [3.63, 3.8) is 0 Å². The second-order valence-electron chi connectivity index (χ2n) is 5.18. The standard InChI is InChI=1S/C16H25NO/c1-4-11-17(12-5-2)13-16(3,14-18)15-9-7-6-8-10-15/h6-10,14H,4-5,11-13H2,1-3H3. The van der Waals surface area contributed by atoms with Crippen molar-refractivity contribution in [1.29, 1.82) is 0 Å². The molecule has 1 atom stereocenters. The summed E-state index contributed by atoms with van der Waals surface area (Å²) in [6.07, 6.45) is 3.36. The Kier molecular flexibility index (Phi) is 6.06. The van der Waals surface area contributed by atoms with E-state index in [4.69, 9.17) is 0 Å². The molecule has 1 unspecified atom stereocenters. The Labute approximate surface area is 111 Å². The summed E-state index contributed by atoms with van der Waals surface area (Å²) in [5.41, 5.74) is 0.711. The summed E-state index contributed by atoms with van der Waals surface area (Å²) in [5, 5.41) is 0. The molecule has 0 amide bonds. The van der Waals surface area contributed by atoms with E-state index in [2.05, 4.69) is 18.7 Å². The van der Waals surface area contributed by atoms with Gasteiger partial charge in [-0.25, -0.2) is 0 Å². The number of carbonyl (C=O) groups is 1. The summed E-state index contributed by atoms with van der Waals surface area (Å²) in [6, 6.07) is 10.1. The van der Waals surface area contributed by atoms with Crippen molar-refractivity contribution in [3.8, 4) is 0 Å². The van der Waals surface area contributed by atoms with Gasteiger partial charge in [-0.1, -0.05) is 44.2 Å². The van der Waals surface area contributed by atoms with Crippen molar-refractivity contribution in [3.05, 3.63) is 35.9 Å². The normalized spacial score (nSPS) is 14.4. The van der Waals surface area contributed by atoms with E-state index in [0.29, 0.717) is 0 Å². The summed E-state index contributed by atoms with van der Waals surface area (Å²) in [7, 11) is 0. The molecule has 2 nitrogen and oxygen atoms in total. The van der Waals surface area contributed by atoms with Crippen LogP contribution in [0.2, 0.25) is 0 Å². The molecule has 0 aliphatic heterocycles. The largest absolute Gasteiger partial charge is 0.302 e. The van der Waals surface area contributed by atoms with Crippen LogP contribution in [0.5, 0.6) is 0 Å². The predicted molar refractivity (Wildman–Crippen MR) is 76.9 cm³/mol. The van der Waals surface area contributed by atoms with Crippen LogP contribution in [0.3, 0.4) is 0 Å². The van der Waals surface area contributed by atoms with Gasteiger partial charge in [-0.3, -0.25) is 0 Å². The molecular formula is C16H25NO. The van der Waals surface area contributed by atoms with Crippen LogP contribution in [-0.4, -0.2) is 30.8 Å². The lowest BCUT2D eigenvalue weighted by molar-refractivity contribution is -0.112. The van der Waals surface area contributed by atoms with Crippen LogP contribution in [0.15, 0.2) is 30.3 Å². The molecule has 0 bridgehead atoms. The summed E-state index contributed by atoms with van der Waals surface area (Å²) in [6.45, 7) is 9.33. The Balaban J connectivity index is 2.84. The Bertz CT molecular complexity index is 343. The maximum Gasteiger partial charge on any atom is 0.131 e. The molecule has 1 rings (SSSR count). The van der Waals surface area contributed by atoms with Crippen LogP contribution < -0.4 is 0 Å². The summed E-state index contributed by atoms with van der Waals surface area (Å²) < 4.78 is 0. The fourth-order valence-corrected chi connectivity index (χ4v) is 2.38. The zero-order chi connectivity index (χ0) is 13.4. The zero-order valence-electron chi connectivity index (χ0n) is 11.9. The van der Waals surface area contributed by atoms with E-state index in [1.165, 1.54) is 0 Å². The first-order valence-electron chi connectivity index (χ1n) is 6.90. The van der Waals surface area contributed by atoms with Gasteiger partial charge in [-0.2, -0.15) is 0 Å². The summed E-state index contributed by atoms with van der Waals surface area (Å²) in [4.78, 5) is 13.9. The number of carbonyl (C=O) groups excluding carboxylic acids is 1. The van der Waals surface area contributed by atoms with Crippen molar-refractivity contribution >= 4 is 6.29 Å². The fourth-order valence-electron chi connectivity index (χ4n) is 2.38. The molecule has 0 radical (unpaired) electrons. The average Bonchev–Trinajstić information content (AvgIpc) is 2.40. The van der Waals surface area contributed by atoms with Crippen LogP contribution in [0.1, 0.15) is 39.2 Å². The second kappa shape index (κ2) is 7.32. The van der Waals surface area contributed by atoms with Crippen LogP contribution in [0.4, 0.5) is 0 Å². The third-order valence-corrected chi connectivity index (χ3v) is 3.33. The van der Waals surface area contributed by atoms with E-state index in [1.54, 1.807) is 0 Å². The lowest BCUT2D eigenvalue weighted by atomic mass is 9.83. The minimum atomic E-state index is -0.397. The predicted octanol–water partition coefficient (Wildman–Crippen LogP) is 3.27. The highest BCUT2D eigenvalue weighted by atomic mass is 16.1. The minimum absolute atomic E-state index is 0.397. The number of aldehydes is 1. The van der Waals surface area contributed by atoms with Gasteiger partial charge in [0.25, 0.3) is 0 Å². The van der Waals surface area contributed by atoms with E-state index in [1.807, 2.05) is 37.3 Å². The smallest absolute Gasteiger partial charge is 0.131 e. The highest BCUT2D eigenvalue weighted by Gasteiger charge is 2.28. The first-order chi connectivity index (χ1) is 8.66. The molecule has 0 aromatic heterocycles. The lowest BCUT2D eigenvalue weighted by Crippen LogP contribution is -2.41. The first-order valence-corrected chi connectivity index (χ1v) is 6.90. The Morgan fingerprint density at radius 2 is 1.67 bits per heavy atom. The molecule has 18 heavy (non-hydrogen) atoms. The summed E-state index contributed by atoms with van der Waals surface area (Å²) >= 11 is 0. The third kappa shape index (κ3) is 3.95. The number of rotatable bonds is 8. The van der Waals surface area contributed by atoms with Gasteiger partial charge in [-0.05, 0) is 38.4 Å². The summed E-state index contributed by atoms with van der Waals surface area (Å²) in [5.74, 6) is 0. The van der Waals surface area contributed by atoms with Gasteiger partial charge >= 0.3 is 0 Å². The van der Waals surface area contributed by atoms with Crippen molar-refractivity contribution in [2.75, 3.05) is 19.6 Å². The van der Waals surface area contributed by atoms with Gasteiger partial charge in [0.15, 0.2) is 0 Å². The number of nitrogens with zero attached hydrogens (tertiary/aromatic N) is 1. The number of hydrogen-bond acceptors (Lipinski definition) is 2. The number of benzene rings is 1. The topological polar surface area (TPSA) is 20.3 Å². The van der Waals surface area contributed by atoms with Crippen LogP contribution in [0.25, 0.3) is 0 Å². The Morgan fingerprint density at radius 3 is 2.11 bits per heavy atom. The number of hydrogen-bond donors (Lipinski definition) is 0. The molecule has 0 saturated carbocycles. The molecule has 0 saturated heterocycles. The molecule has 1 aromatic carbocycles. The maximum atomic E-state index is 11.5. The molecule has 0 aliphatic carbocycles. The second-order valence-corrected chi connectivity index (χ2v) is 5.18. The Morgan fingerprint density at radius 1 is 1.11 bits per heavy atom. The molecule has 0 heterocycles. The van der Waals surface area contributed by atoms with E-state index < -0.39 is 5.41 Å². The zero-order valence-corrected chi connectivity index (χ0v) is 11.9. The van der Waals surface area contributed by atoms with Gasteiger partial charge in [-0.15, -0.1) is 0 Å². The van der Waals surface area contributed by atoms with Crippen molar-refractivity contribution in [1.82, 2.24) is 4.90 Å². The quantitative estimate of drug-likeness (QED) is 0.657. The molecule has 0 spiro atoms. The van der Waals surface area contributed by atoms with Crippen molar-refractivity contribution in [2.45, 2.75) is 39.0 Å². The molecular weight excluding hydrogens is 222 g/mol. The molecule has 1 aromatic rings. The van der Waals surface area contributed by atoms with E-state index in [0.717, 1.165) is 44.3 Å². The van der Waals surface area contributed by atoms with Crippen molar-refractivity contribution < 1.29 is 4.79 Å². The third-order valence-electron chi connectivity index (χ3n) is 3.33. The van der Waals surface area contributed by atoms with Crippen LogP contribution in [-0.2, 0) is 10.2 Å². The van der Waals surface area contributed by atoms with Gasteiger partial charge in [0.1, 0.15) is 6.29 Å². The molecule has 2 heteroatoms. The monoisotopic (exact) mass is 247 g/mol. The molecule has 100 valence electrons. The first kappa shape index (κ1) is 14.9. The Hall–Kier alpha value is -1.15. The highest BCUT2D eigenvalue weighted by Crippen LogP contribution is 2.22. The molecule has 0 N–H and O–H groups in total. The van der Waals surface area contributed by atoms with Gasteiger partial charge in [0.2, 0.25) is 0 Å². The van der Waals surface area contributed by atoms with Crippen molar-refractivity contribution in [2.24, 2.45) is 0 Å². The van der Waals surface area contributed by atoms with E-state index in [9.17, 15) is 4.79 Å². The van der Waals surface area contributed by atoms with Crippen LogP contribution >= 0.6 is 0 Å². The average molecular weight is 247 g/mol. The molecule has 0 fully saturated rings. The lowest BCUT2D eigenvalue weighted by Gasteiger charge is -2.31. The maximum absolute atomic E-state index is 11.5. The van der Waals surface area contributed by atoms with Crippen LogP contribution in [0, 0.1) is 0 Å².